The molecule has 1 aromatic heterocycles. The number of aliphatic imine (C=N–C) groups is 1. The van der Waals surface area contributed by atoms with Gasteiger partial charge >= 0.3 is 0 Å². The normalized spacial score (nSPS) is 12.4. The zero-order valence-electron chi connectivity index (χ0n) is 15.2. The van der Waals surface area contributed by atoms with Crippen LogP contribution in [0.4, 0.5) is 0 Å². The number of halogens is 1. The Morgan fingerprint density at radius 3 is 2.68 bits per heavy atom. The highest BCUT2D eigenvalue weighted by atomic mass is 127. The molecule has 2 aromatic rings. The molecule has 5 nitrogen and oxygen atoms in total. The number of rotatable bonds is 7. The molecule has 0 radical (unpaired) electrons. The zero-order valence-corrected chi connectivity index (χ0v) is 18.3. The van der Waals surface area contributed by atoms with Crippen molar-refractivity contribution in [1.82, 2.24) is 15.5 Å². The highest BCUT2D eigenvalue weighted by Crippen LogP contribution is 2.22. The van der Waals surface area contributed by atoms with Crippen LogP contribution in [0.25, 0.3) is 0 Å². The van der Waals surface area contributed by atoms with Gasteiger partial charge in [-0.3, -0.25) is 4.99 Å². The van der Waals surface area contributed by atoms with Crippen LogP contribution in [-0.4, -0.2) is 45.7 Å². The molecule has 0 bridgehead atoms. The first-order chi connectivity index (χ1) is 11.6. The Hall–Kier alpha value is -1.32. The molecule has 1 atom stereocenters. The summed E-state index contributed by atoms with van der Waals surface area (Å²) < 4.78 is 5.34. The summed E-state index contributed by atoms with van der Waals surface area (Å²) in [6.45, 7) is 1.53. The number of nitrogens with one attached hydrogen (secondary N) is 2. The molecule has 0 saturated heterocycles. The van der Waals surface area contributed by atoms with Gasteiger partial charge in [0, 0.05) is 20.1 Å². The van der Waals surface area contributed by atoms with Crippen molar-refractivity contribution in [3.63, 3.8) is 0 Å². The standard InChI is InChI=1S/C18H26N4OS.HI/c1-19-18(20-11-14-8-9-24-13-14)21-12-17(22(2)3)15-6-5-7-16(10-15)23-4;/h5-10,13,17H,11-12H2,1-4H3,(H2,19,20,21);1H. The fraction of sp³-hybridized carbons (Fsp3) is 0.389. The molecular weight excluding hydrogens is 447 g/mol. The summed E-state index contributed by atoms with van der Waals surface area (Å²) in [7, 11) is 7.64. The number of ether oxygens (including phenoxy) is 1. The summed E-state index contributed by atoms with van der Waals surface area (Å²) in [5.41, 5.74) is 2.47. The number of methoxy groups -OCH3 is 1. The van der Waals surface area contributed by atoms with Crippen LogP contribution in [0.1, 0.15) is 17.2 Å². The van der Waals surface area contributed by atoms with Crippen LogP contribution in [-0.2, 0) is 6.54 Å². The largest absolute Gasteiger partial charge is 0.497 e. The molecule has 25 heavy (non-hydrogen) atoms. The minimum absolute atomic E-state index is 0. The van der Waals surface area contributed by atoms with Crippen LogP contribution < -0.4 is 15.4 Å². The maximum Gasteiger partial charge on any atom is 0.191 e. The lowest BCUT2D eigenvalue weighted by molar-refractivity contribution is 0.297. The number of nitrogens with zero attached hydrogens (tertiary/aromatic N) is 2. The van der Waals surface area contributed by atoms with E-state index in [-0.39, 0.29) is 30.0 Å². The molecule has 0 aliphatic heterocycles. The average Bonchev–Trinajstić information content (AvgIpc) is 3.11. The fourth-order valence-electron chi connectivity index (χ4n) is 2.44. The van der Waals surface area contributed by atoms with E-state index in [0.717, 1.165) is 24.8 Å². The summed E-state index contributed by atoms with van der Waals surface area (Å²) in [5, 5.41) is 11.0. The quantitative estimate of drug-likeness (QED) is 0.367. The van der Waals surface area contributed by atoms with Gasteiger partial charge in [-0.05, 0) is 54.2 Å². The van der Waals surface area contributed by atoms with E-state index in [2.05, 4.69) is 63.6 Å². The van der Waals surface area contributed by atoms with Gasteiger partial charge in [0.15, 0.2) is 5.96 Å². The van der Waals surface area contributed by atoms with Crippen LogP contribution >= 0.6 is 35.3 Å². The fourth-order valence-corrected chi connectivity index (χ4v) is 3.11. The second kappa shape index (κ2) is 11.3. The third-order valence-corrected chi connectivity index (χ3v) is 4.56. The summed E-state index contributed by atoms with van der Waals surface area (Å²) in [6.07, 6.45) is 0. The molecule has 7 heteroatoms. The smallest absolute Gasteiger partial charge is 0.191 e. The van der Waals surface area contributed by atoms with Gasteiger partial charge < -0.3 is 20.3 Å². The SMILES string of the molecule is CN=C(NCc1ccsc1)NCC(c1cccc(OC)c1)N(C)C.I. The van der Waals surface area contributed by atoms with Crippen LogP contribution in [0.5, 0.6) is 5.75 Å². The summed E-state index contributed by atoms with van der Waals surface area (Å²) in [6, 6.07) is 10.5. The van der Waals surface area contributed by atoms with E-state index < -0.39 is 0 Å². The van der Waals surface area contributed by atoms with Crippen molar-refractivity contribution in [3.05, 3.63) is 52.2 Å². The number of likely N-dealkylation sites (N-methyl/N-ethyl adjacent to an activating group) is 1. The molecule has 2 rings (SSSR count). The minimum Gasteiger partial charge on any atom is -0.497 e. The first-order valence-corrected chi connectivity index (χ1v) is 8.84. The van der Waals surface area contributed by atoms with Gasteiger partial charge in [0.05, 0.1) is 13.2 Å². The molecule has 0 amide bonds. The molecule has 0 spiro atoms. The Kier molecular flexibility index (Phi) is 9.84. The molecular formula is C18H27IN4OS. The molecule has 1 aromatic carbocycles. The number of benzene rings is 1. The monoisotopic (exact) mass is 474 g/mol. The Morgan fingerprint density at radius 2 is 2.08 bits per heavy atom. The maximum atomic E-state index is 5.34. The molecule has 0 fully saturated rings. The zero-order chi connectivity index (χ0) is 17.4. The summed E-state index contributed by atoms with van der Waals surface area (Å²) in [4.78, 5) is 6.49. The molecule has 1 heterocycles. The summed E-state index contributed by atoms with van der Waals surface area (Å²) in [5.74, 6) is 1.68. The first-order valence-electron chi connectivity index (χ1n) is 7.90. The number of thiophene rings is 1. The van der Waals surface area contributed by atoms with Crippen molar-refractivity contribution in [2.75, 3.05) is 34.8 Å². The van der Waals surface area contributed by atoms with Gasteiger partial charge in [-0.15, -0.1) is 24.0 Å². The molecule has 0 aliphatic carbocycles. The van der Waals surface area contributed by atoms with Gasteiger partial charge in [-0.1, -0.05) is 12.1 Å². The molecule has 1 unspecified atom stereocenters. The highest BCUT2D eigenvalue weighted by molar-refractivity contribution is 14.0. The van der Waals surface area contributed by atoms with Gasteiger partial charge in [-0.25, -0.2) is 0 Å². The van der Waals surface area contributed by atoms with Crippen molar-refractivity contribution in [3.8, 4) is 5.75 Å². The van der Waals surface area contributed by atoms with E-state index >= 15 is 0 Å². The number of hydrogen-bond acceptors (Lipinski definition) is 4. The van der Waals surface area contributed by atoms with Crippen LogP contribution in [0.15, 0.2) is 46.1 Å². The van der Waals surface area contributed by atoms with Crippen molar-refractivity contribution in [1.29, 1.82) is 0 Å². The lowest BCUT2D eigenvalue weighted by Crippen LogP contribution is -2.41. The Morgan fingerprint density at radius 1 is 1.28 bits per heavy atom. The predicted molar refractivity (Wildman–Crippen MR) is 117 cm³/mol. The van der Waals surface area contributed by atoms with Gasteiger partial charge in [0.2, 0.25) is 0 Å². The van der Waals surface area contributed by atoms with Crippen molar-refractivity contribution in [2.45, 2.75) is 12.6 Å². The van der Waals surface area contributed by atoms with E-state index in [4.69, 9.17) is 4.74 Å². The lowest BCUT2D eigenvalue weighted by Gasteiger charge is -2.26. The lowest BCUT2D eigenvalue weighted by atomic mass is 10.1. The van der Waals surface area contributed by atoms with Crippen LogP contribution in [0, 0.1) is 0 Å². The van der Waals surface area contributed by atoms with E-state index in [0.29, 0.717) is 0 Å². The third kappa shape index (κ3) is 6.83. The van der Waals surface area contributed by atoms with Crippen molar-refractivity contribution < 1.29 is 4.74 Å². The van der Waals surface area contributed by atoms with Gasteiger partial charge in [-0.2, -0.15) is 11.3 Å². The van der Waals surface area contributed by atoms with E-state index in [1.54, 1.807) is 25.5 Å². The van der Waals surface area contributed by atoms with E-state index in [1.165, 1.54) is 11.1 Å². The number of hydrogen-bond donors (Lipinski definition) is 2. The topological polar surface area (TPSA) is 48.9 Å². The van der Waals surface area contributed by atoms with Gasteiger partial charge in [0.25, 0.3) is 0 Å². The van der Waals surface area contributed by atoms with E-state index in [9.17, 15) is 0 Å². The molecule has 0 saturated carbocycles. The molecule has 2 N–H and O–H groups in total. The van der Waals surface area contributed by atoms with Crippen LogP contribution in [0.2, 0.25) is 0 Å². The Balaban J connectivity index is 0.00000312. The van der Waals surface area contributed by atoms with Gasteiger partial charge in [0.1, 0.15) is 5.75 Å². The second-order valence-electron chi connectivity index (χ2n) is 5.69. The Bertz CT molecular complexity index is 646. The van der Waals surface area contributed by atoms with Crippen molar-refractivity contribution in [2.24, 2.45) is 4.99 Å². The highest BCUT2D eigenvalue weighted by Gasteiger charge is 2.15. The molecule has 138 valence electrons. The first kappa shape index (κ1) is 21.7. The van der Waals surface area contributed by atoms with E-state index in [1.807, 2.05) is 12.1 Å². The minimum atomic E-state index is 0. The number of guanidine groups is 1. The maximum absolute atomic E-state index is 5.34. The second-order valence-corrected chi connectivity index (χ2v) is 6.47. The van der Waals surface area contributed by atoms with Crippen LogP contribution in [0.3, 0.4) is 0 Å². The average molecular weight is 474 g/mol. The third-order valence-electron chi connectivity index (χ3n) is 3.83. The van der Waals surface area contributed by atoms with Crippen molar-refractivity contribution >= 4 is 41.3 Å². The predicted octanol–water partition coefficient (Wildman–Crippen LogP) is 3.34. The molecule has 0 aliphatic rings. The summed E-state index contributed by atoms with van der Waals surface area (Å²) >= 11 is 1.70. The Labute approximate surface area is 171 Å².